The van der Waals surface area contributed by atoms with E-state index in [2.05, 4.69) is 10.1 Å². The van der Waals surface area contributed by atoms with Gasteiger partial charge < -0.3 is 10.1 Å². The van der Waals surface area contributed by atoms with Crippen molar-refractivity contribution >= 4 is 12.4 Å². The normalized spacial score (nSPS) is 22.2. The van der Waals surface area contributed by atoms with Gasteiger partial charge in [-0.05, 0) is 25.9 Å². The molecule has 0 aliphatic carbocycles. The zero-order valence-corrected chi connectivity index (χ0v) is 8.10. The highest BCUT2D eigenvalue weighted by molar-refractivity contribution is 5.85. The van der Waals surface area contributed by atoms with E-state index in [9.17, 15) is 13.2 Å². The van der Waals surface area contributed by atoms with Gasteiger partial charge in [0.05, 0.1) is 0 Å². The Morgan fingerprint density at radius 1 is 1.23 bits per heavy atom. The molecule has 0 amide bonds. The van der Waals surface area contributed by atoms with E-state index < -0.39 is 11.8 Å². The zero-order valence-electron chi connectivity index (χ0n) is 7.28. The number of ether oxygens (including phenoxy) is 1. The van der Waals surface area contributed by atoms with E-state index in [1.807, 2.05) is 0 Å². The molecule has 6 heteroatoms. The third kappa shape index (κ3) is 2.48. The number of nitrogens with one attached hydrogen (secondary N) is 1. The first kappa shape index (κ1) is 13.0. The fourth-order valence-electron chi connectivity index (χ4n) is 1.43. The Bertz CT molecular complexity index is 156. The van der Waals surface area contributed by atoms with Crippen molar-refractivity contribution in [2.24, 2.45) is 0 Å². The summed E-state index contributed by atoms with van der Waals surface area (Å²) in [5.41, 5.74) is -1.90. The molecule has 2 nitrogen and oxygen atoms in total. The van der Waals surface area contributed by atoms with E-state index in [0.717, 1.165) is 7.11 Å². The van der Waals surface area contributed by atoms with Crippen LogP contribution in [0.2, 0.25) is 0 Å². The van der Waals surface area contributed by atoms with E-state index >= 15 is 0 Å². The molecule has 0 aromatic carbocycles. The molecule has 1 rings (SSSR count). The quantitative estimate of drug-likeness (QED) is 0.726. The molecule has 80 valence electrons. The minimum atomic E-state index is -4.25. The van der Waals surface area contributed by atoms with Gasteiger partial charge in [-0.2, -0.15) is 13.2 Å². The van der Waals surface area contributed by atoms with E-state index in [0.29, 0.717) is 13.1 Å². The predicted molar refractivity (Wildman–Crippen MR) is 45.1 cm³/mol. The molecule has 1 N–H and O–H groups in total. The van der Waals surface area contributed by atoms with Gasteiger partial charge in [-0.25, -0.2) is 0 Å². The maximum atomic E-state index is 12.4. The summed E-state index contributed by atoms with van der Waals surface area (Å²) in [4.78, 5) is 0. The summed E-state index contributed by atoms with van der Waals surface area (Å²) in [5, 5.41) is 2.87. The van der Waals surface area contributed by atoms with E-state index in [1.165, 1.54) is 0 Å². The van der Waals surface area contributed by atoms with Crippen molar-refractivity contribution < 1.29 is 17.9 Å². The van der Waals surface area contributed by atoms with Gasteiger partial charge in [-0.3, -0.25) is 0 Å². The monoisotopic (exact) mass is 219 g/mol. The van der Waals surface area contributed by atoms with Crippen molar-refractivity contribution in [1.29, 1.82) is 0 Å². The highest BCUT2D eigenvalue weighted by atomic mass is 35.5. The van der Waals surface area contributed by atoms with Crippen molar-refractivity contribution in [3.05, 3.63) is 0 Å². The molecule has 1 fully saturated rings. The van der Waals surface area contributed by atoms with Crippen molar-refractivity contribution in [2.75, 3.05) is 20.2 Å². The molecule has 0 radical (unpaired) electrons. The summed E-state index contributed by atoms with van der Waals surface area (Å²) in [5.74, 6) is 0. The van der Waals surface area contributed by atoms with Crippen LogP contribution >= 0.6 is 12.4 Å². The number of methoxy groups -OCH3 is 1. The van der Waals surface area contributed by atoms with Crippen LogP contribution in [0.1, 0.15) is 12.8 Å². The fraction of sp³-hybridized carbons (Fsp3) is 1.00. The third-order valence-corrected chi connectivity index (χ3v) is 2.32. The number of rotatable bonds is 1. The maximum absolute atomic E-state index is 12.4. The molecule has 13 heavy (non-hydrogen) atoms. The lowest BCUT2D eigenvalue weighted by atomic mass is 9.91. The lowest BCUT2D eigenvalue weighted by Gasteiger charge is -2.37. The molecule has 0 bridgehead atoms. The average molecular weight is 220 g/mol. The Hall–Kier alpha value is 0. The lowest BCUT2D eigenvalue weighted by Crippen LogP contribution is -2.53. The van der Waals surface area contributed by atoms with E-state index in [4.69, 9.17) is 0 Å². The number of piperidine rings is 1. The Labute approximate surface area is 81.2 Å². The van der Waals surface area contributed by atoms with Gasteiger partial charge in [-0.15, -0.1) is 12.4 Å². The van der Waals surface area contributed by atoms with Gasteiger partial charge in [0.2, 0.25) is 0 Å². The van der Waals surface area contributed by atoms with Crippen molar-refractivity contribution in [3.8, 4) is 0 Å². The van der Waals surface area contributed by atoms with Crippen LogP contribution < -0.4 is 5.32 Å². The Morgan fingerprint density at radius 3 is 1.92 bits per heavy atom. The largest absolute Gasteiger partial charge is 0.417 e. The van der Waals surface area contributed by atoms with Crippen LogP contribution in [0.3, 0.4) is 0 Å². The standard InChI is InChI=1S/C7H12F3NO.ClH/c1-12-6(7(8,9)10)2-4-11-5-3-6;/h11H,2-5H2,1H3;1H. The second kappa shape index (κ2) is 4.48. The molecule has 0 unspecified atom stereocenters. The van der Waals surface area contributed by atoms with E-state index in [-0.39, 0.29) is 25.2 Å². The van der Waals surface area contributed by atoms with Crippen molar-refractivity contribution in [3.63, 3.8) is 0 Å². The van der Waals surface area contributed by atoms with Gasteiger partial charge in [-0.1, -0.05) is 0 Å². The molecule has 1 aliphatic heterocycles. The summed E-state index contributed by atoms with van der Waals surface area (Å²) in [6.07, 6.45) is -4.23. The molecule has 0 atom stereocenters. The fourth-order valence-corrected chi connectivity index (χ4v) is 1.43. The van der Waals surface area contributed by atoms with Crippen LogP contribution in [0.25, 0.3) is 0 Å². The molecular formula is C7H13ClF3NO. The summed E-state index contributed by atoms with van der Waals surface area (Å²) in [6.45, 7) is 0.737. The highest BCUT2D eigenvalue weighted by Gasteiger charge is 2.55. The summed E-state index contributed by atoms with van der Waals surface area (Å²) >= 11 is 0. The van der Waals surface area contributed by atoms with Crippen molar-refractivity contribution in [1.82, 2.24) is 5.32 Å². The Balaban J connectivity index is 0.00000144. The number of halogens is 4. The maximum Gasteiger partial charge on any atom is 0.417 e. The molecule has 0 spiro atoms. The van der Waals surface area contributed by atoms with Gasteiger partial charge in [0, 0.05) is 7.11 Å². The SMILES string of the molecule is COC1(C(F)(F)F)CCNCC1.Cl. The predicted octanol–water partition coefficient (Wildman–Crippen LogP) is 1.74. The highest BCUT2D eigenvalue weighted by Crippen LogP contribution is 2.39. The lowest BCUT2D eigenvalue weighted by molar-refractivity contribution is -0.277. The first-order valence-corrected chi connectivity index (χ1v) is 3.84. The molecule has 1 saturated heterocycles. The average Bonchev–Trinajstić information content (AvgIpc) is 2.04. The summed E-state index contributed by atoms with van der Waals surface area (Å²) in [7, 11) is 1.12. The first-order chi connectivity index (χ1) is 5.52. The Morgan fingerprint density at radius 2 is 1.69 bits per heavy atom. The molecule has 0 saturated carbocycles. The van der Waals surface area contributed by atoms with Gasteiger partial charge in [0.1, 0.15) is 0 Å². The van der Waals surface area contributed by atoms with Crippen molar-refractivity contribution in [2.45, 2.75) is 24.6 Å². The van der Waals surface area contributed by atoms with Gasteiger partial charge in [0.25, 0.3) is 0 Å². The van der Waals surface area contributed by atoms with Gasteiger partial charge in [0.15, 0.2) is 5.60 Å². The van der Waals surface area contributed by atoms with Crippen LogP contribution in [-0.4, -0.2) is 32.0 Å². The molecule has 1 aliphatic rings. The summed E-state index contributed by atoms with van der Waals surface area (Å²) in [6, 6.07) is 0. The molecule has 0 aromatic heterocycles. The smallest absolute Gasteiger partial charge is 0.369 e. The topological polar surface area (TPSA) is 21.3 Å². The Kier molecular flexibility index (Phi) is 4.48. The number of hydrogen-bond donors (Lipinski definition) is 1. The zero-order chi connectivity index (χ0) is 9.24. The van der Waals surface area contributed by atoms with Crippen LogP contribution in [0.15, 0.2) is 0 Å². The minimum Gasteiger partial charge on any atom is -0.369 e. The van der Waals surface area contributed by atoms with E-state index in [1.54, 1.807) is 0 Å². The molecule has 0 aromatic rings. The van der Waals surface area contributed by atoms with Crippen LogP contribution in [0, 0.1) is 0 Å². The molecule has 1 heterocycles. The first-order valence-electron chi connectivity index (χ1n) is 3.84. The van der Waals surface area contributed by atoms with Crippen LogP contribution in [-0.2, 0) is 4.74 Å². The number of hydrogen-bond acceptors (Lipinski definition) is 2. The summed E-state index contributed by atoms with van der Waals surface area (Å²) < 4.78 is 41.9. The third-order valence-electron chi connectivity index (χ3n) is 2.32. The number of alkyl halides is 3. The minimum absolute atomic E-state index is 0. The van der Waals surface area contributed by atoms with Crippen LogP contribution in [0.4, 0.5) is 13.2 Å². The van der Waals surface area contributed by atoms with Gasteiger partial charge >= 0.3 is 6.18 Å². The second-order valence-electron chi connectivity index (χ2n) is 2.95. The second-order valence-corrected chi connectivity index (χ2v) is 2.95. The van der Waals surface area contributed by atoms with Crippen LogP contribution in [0.5, 0.6) is 0 Å². The molecular weight excluding hydrogens is 207 g/mol.